The van der Waals surface area contributed by atoms with E-state index in [4.69, 9.17) is 0 Å². The average Bonchev–Trinajstić information content (AvgIpc) is 3.01. The molecule has 2 aromatic heterocycles. The fourth-order valence-electron chi connectivity index (χ4n) is 2.93. The number of hydrogen-bond donors (Lipinski definition) is 1. The number of imidazole rings is 1. The summed E-state index contributed by atoms with van der Waals surface area (Å²) in [6.07, 6.45) is 1.30. The third kappa shape index (κ3) is 4.19. The van der Waals surface area contributed by atoms with Crippen molar-refractivity contribution in [1.82, 2.24) is 18.7 Å². The van der Waals surface area contributed by atoms with Crippen LogP contribution in [-0.2, 0) is 35.8 Å². The highest BCUT2D eigenvalue weighted by Gasteiger charge is 2.17. The second-order valence-electron chi connectivity index (χ2n) is 6.77. The molecule has 12 heteroatoms. The van der Waals surface area contributed by atoms with Crippen molar-refractivity contribution in [1.29, 1.82) is 0 Å². The van der Waals surface area contributed by atoms with Crippen LogP contribution in [0.2, 0.25) is 0 Å². The lowest BCUT2D eigenvalue weighted by Gasteiger charge is -2.07. The number of hydrogen-bond acceptors (Lipinski definition) is 7. The topological polar surface area (TPSA) is 125 Å². The lowest BCUT2D eigenvalue weighted by Crippen LogP contribution is -2.37. The van der Waals surface area contributed by atoms with Gasteiger partial charge < -0.3 is 9.88 Å². The first-order chi connectivity index (χ1) is 14.0. The van der Waals surface area contributed by atoms with Crippen LogP contribution in [0, 0.1) is 0 Å². The van der Waals surface area contributed by atoms with Crippen LogP contribution in [0.25, 0.3) is 11.2 Å². The fourth-order valence-corrected chi connectivity index (χ4v) is 4.47. The van der Waals surface area contributed by atoms with E-state index < -0.39 is 21.1 Å². The standard InChI is InChI=1S/C18H21N5O5S2/c1-21-15-14(16(25)23(3)18(26)22(15)2)20-17(21)29-10-9-13(24)19-11-5-7-12(8-6-11)30(4,27)28/h5-8H,9-10H2,1-4H3,(H,19,24). The molecule has 160 valence electrons. The quantitative estimate of drug-likeness (QED) is 0.541. The van der Waals surface area contributed by atoms with E-state index in [0.717, 1.165) is 10.8 Å². The molecule has 0 aliphatic rings. The minimum absolute atomic E-state index is 0.179. The number of benzene rings is 1. The van der Waals surface area contributed by atoms with E-state index in [1.807, 2.05) is 0 Å². The summed E-state index contributed by atoms with van der Waals surface area (Å²) >= 11 is 1.29. The summed E-state index contributed by atoms with van der Waals surface area (Å²) in [5.74, 6) is 0.162. The molecule has 0 aliphatic carbocycles. The third-order valence-corrected chi connectivity index (χ3v) is 6.71. The molecular formula is C18H21N5O5S2. The maximum Gasteiger partial charge on any atom is 0.332 e. The Kier molecular flexibility index (Phi) is 5.90. The van der Waals surface area contributed by atoms with Gasteiger partial charge in [-0.25, -0.2) is 18.2 Å². The number of rotatable bonds is 6. The zero-order valence-corrected chi connectivity index (χ0v) is 18.5. The van der Waals surface area contributed by atoms with Gasteiger partial charge in [-0.1, -0.05) is 11.8 Å². The van der Waals surface area contributed by atoms with Gasteiger partial charge in [0.2, 0.25) is 5.91 Å². The average molecular weight is 452 g/mol. The maximum absolute atomic E-state index is 12.3. The number of aryl methyl sites for hydroxylation is 2. The molecule has 0 bridgehead atoms. The van der Waals surface area contributed by atoms with Crippen LogP contribution in [0.1, 0.15) is 6.42 Å². The lowest BCUT2D eigenvalue weighted by atomic mass is 10.3. The van der Waals surface area contributed by atoms with Gasteiger partial charge in [0, 0.05) is 45.3 Å². The molecule has 1 N–H and O–H groups in total. The highest BCUT2D eigenvalue weighted by molar-refractivity contribution is 7.99. The first kappa shape index (κ1) is 21.8. The van der Waals surface area contributed by atoms with Crippen LogP contribution >= 0.6 is 11.8 Å². The van der Waals surface area contributed by atoms with Crippen molar-refractivity contribution < 1.29 is 13.2 Å². The van der Waals surface area contributed by atoms with Crippen LogP contribution in [-0.4, -0.2) is 45.0 Å². The van der Waals surface area contributed by atoms with Gasteiger partial charge in [0.05, 0.1) is 4.90 Å². The number of thioether (sulfide) groups is 1. The van der Waals surface area contributed by atoms with Gasteiger partial charge in [-0.3, -0.25) is 18.7 Å². The molecule has 30 heavy (non-hydrogen) atoms. The number of fused-ring (bicyclic) bond motifs is 1. The van der Waals surface area contributed by atoms with Crippen molar-refractivity contribution in [3.8, 4) is 0 Å². The summed E-state index contributed by atoms with van der Waals surface area (Å²) < 4.78 is 27.0. The van der Waals surface area contributed by atoms with Crippen molar-refractivity contribution in [2.45, 2.75) is 16.5 Å². The minimum Gasteiger partial charge on any atom is -0.326 e. The summed E-state index contributed by atoms with van der Waals surface area (Å²) in [6.45, 7) is 0. The summed E-state index contributed by atoms with van der Waals surface area (Å²) in [5.41, 5.74) is 0.207. The Labute approximate surface area is 176 Å². The van der Waals surface area contributed by atoms with Crippen LogP contribution in [0.3, 0.4) is 0 Å². The molecule has 2 heterocycles. The molecule has 0 radical (unpaired) electrons. The Hall–Kier alpha value is -2.86. The molecule has 0 saturated carbocycles. The number of nitrogens with one attached hydrogen (secondary N) is 1. The van der Waals surface area contributed by atoms with E-state index in [2.05, 4.69) is 10.3 Å². The van der Waals surface area contributed by atoms with Crippen molar-refractivity contribution in [3.05, 3.63) is 45.1 Å². The van der Waals surface area contributed by atoms with Crippen LogP contribution < -0.4 is 16.6 Å². The van der Waals surface area contributed by atoms with Gasteiger partial charge >= 0.3 is 5.69 Å². The second kappa shape index (κ2) is 8.11. The van der Waals surface area contributed by atoms with Gasteiger partial charge in [-0.15, -0.1) is 0 Å². The Morgan fingerprint density at radius 1 is 1.07 bits per heavy atom. The van der Waals surface area contributed by atoms with Crippen LogP contribution in [0.15, 0.2) is 43.9 Å². The van der Waals surface area contributed by atoms with Gasteiger partial charge in [-0.2, -0.15) is 0 Å². The predicted octanol–water partition coefficient (Wildman–Crippen LogP) is 0.495. The third-order valence-electron chi connectivity index (χ3n) is 4.55. The Bertz CT molecular complexity index is 1350. The fraction of sp³-hybridized carbons (Fsp3) is 0.333. The number of carbonyl (C=O) groups is 1. The Morgan fingerprint density at radius 2 is 1.70 bits per heavy atom. The maximum atomic E-state index is 12.3. The van der Waals surface area contributed by atoms with E-state index >= 15 is 0 Å². The SMILES string of the molecule is Cn1c(=O)c2nc(SCCC(=O)Nc3ccc(S(C)(=O)=O)cc3)n(C)c2n(C)c1=O. The molecule has 0 aliphatic heterocycles. The van der Waals surface area contributed by atoms with E-state index in [-0.39, 0.29) is 22.7 Å². The first-order valence-corrected chi connectivity index (χ1v) is 11.7. The molecule has 1 amide bonds. The van der Waals surface area contributed by atoms with Crippen molar-refractivity contribution in [3.63, 3.8) is 0 Å². The van der Waals surface area contributed by atoms with E-state index in [1.165, 1.54) is 47.6 Å². The normalized spacial score (nSPS) is 11.7. The number of anilines is 1. The highest BCUT2D eigenvalue weighted by atomic mass is 32.2. The molecule has 3 aromatic rings. The second-order valence-corrected chi connectivity index (χ2v) is 9.85. The summed E-state index contributed by atoms with van der Waals surface area (Å²) in [6, 6.07) is 5.93. The van der Waals surface area contributed by atoms with Gasteiger partial charge in [0.25, 0.3) is 5.56 Å². The largest absolute Gasteiger partial charge is 0.332 e. The molecule has 0 unspecified atom stereocenters. The molecular weight excluding hydrogens is 430 g/mol. The lowest BCUT2D eigenvalue weighted by molar-refractivity contribution is -0.115. The van der Waals surface area contributed by atoms with E-state index in [0.29, 0.717) is 22.2 Å². The van der Waals surface area contributed by atoms with E-state index in [9.17, 15) is 22.8 Å². The number of nitrogens with zero attached hydrogens (tertiary/aromatic N) is 4. The van der Waals surface area contributed by atoms with Crippen molar-refractivity contribution >= 4 is 44.4 Å². The monoisotopic (exact) mass is 451 g/mol. The molecule has 1 aromatic carbocycles. The summed E-state index contributed by atoms with van der Waals surface area (Å²) in [7, 11) is 1.39. The van der Waals surface area contributed by atoms with Gasteiger partial charge in [0.15, 0.2) is 26.2 Å². The molecule has 0 saturated heterocycles. The number of aromatic nitrogens is 4. The number of sulfone groups is 1. The zero-order chi connectivity index (χ0) is 22.2. The minimum atomic E-state index is -3.29. The van der Waals surface area contributed by atoms with Gasteiger partial charge in [-0.05, 0) is 24.3 Å². The number of amides is 1. The summed E-state index contributed by atoms with van der Waals surface area (Å²) in [5, 5.41) is 3.23. The Balaban J connectivity index is 1.67. The van der Waals surface area contributed by atoms with Gasteiger partial charge in [0.1, 0.15) is 0 Å². The number of carbonyl (C=O) groups excluding carboxylic acids is 1. The predicted molar refractivity (Wildman–Crippen MR) is 115 cm³/mol. The van der Waals surface area contributed by atoms with E-state index in [1.54, 1.807) is 18.7 Å². The van der Waals surface area contributed by atoms with Crippen LogP contribution in [0.5, 0.6) is 0 Å². The highest BCUT2D eigenvalue weighted by Crippen LogP contribution is 2.21. The summed E-state index contributed by atoms with van der Waals surface area (Å²) in [4.78, 5) is 41.1. The smallest absolute Gasteiger partial charge is 0.326 e. The molecule has 0 spiro atoms. The first-order valence-electron chi connectivity index (χ1n) is 8.86. The zero-order valence-electron chi connectivity index (χ0n) is 16.9. The van der Waals surface area contributed by atoms with Crippen LogP contribution in [0.4, 0.5) is 5.69 Å². The van der Waals surface area contributed by atoms with Crippen molar-refractivity contribution in [2.75, 3.05) is 17.3 Å². The Morgan fingerprint density at radius 3 is 2.30 bits per heavy atom. The van der Waals surface area contributed by atoms with Crippen molar-refractivity contribution in [2.24, 2.45) is 21.1 Å². The molecule has 0 atom stereocenters. The molecule has 0 fully saturated rings. The molecule has 3 rings (SSSR count). The molecule has 10 nitrogen and oxygen atoms in total.